The van der Waals surface area contributed by atoms with Gasteiger partial charge in [-0.15, -0.1) is 0 Å². The second kappa shape index (κ2) is 37.0. The van der Waals surface area contributed by atoms with Crippen molar-refractivity contribution in [3.63, 3.8) is 0 Å². The van der Waals surface area contributed by atoms with Gasteiger partial charge in [-0.2, -0.15) is 13.2 Å². The number of nitrogens with two attached hydrogens (primary N) is 3. The summed E-state index contributed by atoms with van der Waals surface area (Å²) < 4.78 is 41.8. The Morgan fingerprint density at radius 3 is 1.25 bits per heavy atom. The number of pyridine rings is 7. The number of fused-ring (bicyclic) bond motifs is 3. The molecule has 3 saturated heterocycles. The molecule has 10 heterocycles. The number of nitrogens with one attached hydrogen (secondary N) is 3. The van der Waals surface area contributed by atoms with Gasteiger partial charge in [0.1, 0.15) is 17.5 Å². The van der Waals surface area contributed by atoms with Gasteiger partial charge in [-0.05, 0) is 111 Å². The van der Waals surface area contributed by atoms with E-state index in [9.17, 15) is 27.6 Å². The van der Waals surface area contributed by atoms with Crippen LogP contribution in [0.2, 0.25) is 10.0 Å². The second-order valence-corrected chi connectivity index (χ2v) is 29.1. The van der Waals surface area contributed by atoms with Gasteiger partial charge in [0.25, 0.3) is 17.7 Å². The number of hydrogen-bond acceptors (Lipinski definition) is 19. The average molecular weight is 1580 g/mol. The number of rotatable bonds is 12. The second-order valence-electron chi connectivity index (χ2n) is 28.3. The summed E-state index contributed by atoms with van der Waals surface area (Å²) in [7, 11) is 6.27. The number of aromatic nitrogens is 7. The van der Waals surface area contributed by atoms with E-state index in [4.69, 9.17) is 40.4 Å². The third-order valence-corrected chi connectivity index (χ3v) is 20.7. The highest BCUT2D eigenvalue weighted by molar-refractivity contribution is 6.32. The Labute approximate surface area is 674 Å². The van der Waals surface area contributed by atoms with Crippen LogP contribution >= 0.6 is 23.2 Å². The van der Waals surface area contributed by atoms with E-state index in [2.05, 4.69) is 125 Å². The number of anilines is 6. The largest absolute Gasteiger partial charge is 0.416 e. The van der Waals surface area contributed by atoms with Crippen molar-refractivity contribution in [1.82, 2.24) is 64.3 Å². The van der Waals surface area contributed by atoms with Crippen molar-refractivity contribution >= 4 is 108 Å². The Hall–Kier alpha value is -12.5. The van der Waals surface area contributed by atoms with Crippen molar-refractivity contribution in [2.45, 2.75) is 32.7 Å². The van der Waals surface area contributed by atoms with Crippen LogP contribution in [-0.4, -0.2) is 182 Å². The number of carbonyl (C=O) groups is 3. The number of piperazine rings is 3. The predicted octanol–water partition coefficient (Wildman–Crippen LogP) is 12.9. The summed E-state index contributed by atoms with van der Waals surface area (Å²) in [6.45, 7) is 14.9. The lowest BCUT2D eigenvalue weighted by Crippen LogP contribution is -2.44. The number of halogens is 5. The summed E-state index contributed by atoms with van der Waals surface area (Å²) in [6, 6.07) is 39.2. The standard InChI is InChI=1S/C30H29ClN6O.C29H27ClN6O.C29H26F3N7O/c1-20-21(7-8-22-17-34-29(32)27-6-4-3-5-26(22)27)15-24(18-33-20)30(38)35-25-10-9-23(28(31)16-25)19-37-13-11-36(2)12-14-37;1-35-10-12-36(13-11-35)19-22-8-9-24(15-27(22)30)34-29(37)23-14-20(16-32-17-23)6-7-21-18-33-28(31)26-5-3-2-4-25(21)26;1-38-9-11-39(12-10-38)18-21-6-7-23(14-25(21)29(30,31)32)37-28(40)22-13-19(15-34-16-22)4-5-20-17-36-27(33)24-3-2-8-35-26(20)24/h3-6,9-10,15-18H,11-14,19H2,1-2H3,(H2,32,34)(H,35,38);2-5,8-9,14-18H,10-13,19H2,1H3,(H2,31,33)(H,34,37);2-3,6-8,13-17H,9-12,18H2,1H3,(H2,33,36)(H,37,40). The van der Waals surface area contributed by atoms with Gasteiger partial charge in [-0.3, -0.25) is 49.0 Å². The quantitative estimate of drug-likeness (QED) is 0.0620. The molecule has 0 spiro atoms. The summed E-state index contributed by atoms with van der Waals surface area (Å²) in [4.78, 5) is 82.1. The third kappa shape index (κ3) is 21.1. The number of carbonyl (C=O) groups excluding carboxylic acids is 3. The minimum absolute atomic E-state index is 0.0430. The molecular formula is C88H82Cl2F3N19O3. The Morgan fingerprint density at radius 2 is 0.791 bits per heavy atom. The fourth-order valence-corrected chi connectivity index (χ4v) is 13.7. The first-order chi connectivity index (χ1) is 55.5. The monoisotopic (exact) mass is 1580 g/mol. The van der Waals surface area contributed by atoms with Crippen LogP contribution in [0.4, 0.5) is 47.7 Å². The molecule has 9 N–H and O–H groups in total. The molecule has 115 heavy (non-hydrogen) atoms. The Bertz CT molecular complexity index is 5830. The van der Waals surface area contributed by atoms with E-state index in [0.29, 0.717) is 96.2 Å². The number of nitrogen functional groups attached to an aromatic ring is 3. The van der Waals surface area contributed by atoms with E-state index < -0.39 is 17.6 Å². The van der Waals surface area contributed by atoms with E-state index >= 15 is 0 Å². The predicted molar refractivity (Wildman–Crippen MR) is 448 cm³/mol. The molecule has 0 unspecified atom stereocenters. The normalized spacial score (nSPS) is 14.3. The number of benzene rings is 5. The van der Waals surface area contributed by atoms with Crippen LogP contribution in [-0.2, 0) is 25.8 Å². The Morgan fingerprint density at radius 1 is 0.409 bits per heavy atom. The maximum atomic E-state index is 13.9. The summed E-state index contributed by atoms with van der Waals surface area (Å²) in [5.41, 5.74) is 26.8. The molecule has 27 heteroatoms. The first-order valence-corrected chi connectivity index (χ1v) is 37.9. The van der Waals surface area contributed by atoms with Gasteiger partial charge in [0.15, 0.2) is 0 Å². The molecule has 12 aromatic rings. The molecular weight excluding hydrogens is 1500 g/mol. The van der Waals surface area contributed by atoms with Crippen molar-refractivity contribution in [2.24, 2.45) is 0 Å². The van der Waals surface area contributed by atoms with Crippen molar-refractivity contribution in [2.75, 3.05) is 133 Å². The Kier molecular flexibility index (Phi) is 25.9. The highest BCUT2D eigenvalue weighted by Crippen LogP contribution is 2.36. The lowest BCUT2D eigenvalue weighted by atomic mass is 10.0. The molecule has 0 bridgehead atoms. The van der Waals surface area contributed by atoms with E-state index in [1.165, 1.54) is 43.0 Å². The highest BCUT2D eigenvalue weighted by Gasteiger charge is 2.35. The lowest BCUT2D eigenvalue weighted by Gasteiger charge is -2.33. The smallest absolute Gasteiger partial charge is 0.383 e. The average Bonchev–Trinajstić information content (AvgIpc) is 0.816. The topological polar surface area (TPSA) is 275 Å². The molecule has 0 saturated carbocycles. The molecule has 0 atom stereocenters. The number of alkyl halides is 3. The van der Waals surface area contributed by atoms with Crippen LogP contribution < -0.4 is 33.2 Å². The van der Waals surface area contributed by atoms with Crippen molar-refractivity contribution < 1.29 is 27.6 Å². The zero-order valence-electron chi connectivity index (χ0n) is 63.7. The maximum Gasteiger partial charge on any atom is 0.416 e. The van der Waals surface area contributed by atoms with Gasteiger partial charge in [0, 0.05) is 225 Å². The molecule has 15 rings (SSSR count). The van der Waals surface area contributed by atoms with Crippen molar-refractivity contribution in [1.29, 1.82) is 0 Å². The van der Waals surface area contributed by atoms with Crippen LogP contribution in [0.3, 0.4) is 0 Å². The molecule has 22 nitrogen and oxygen atoms in total. The number of likely N-dealkylation sites (N-methyl/N-ethyl adjacent to an activating group) is 3. The summed E-state index contributed by atoms with van der Waals surface area (Å²) in [5, 5.41) is 13.9. The molecule has 0 aliphatic carbocycles. The molecule has 582 valence electrons. The van der Waals surface area contributed by atoms with Crippen molar-refractivity contribution in [3.8, 4) is 35.5 Å². The highest BCUT2D eigenvalue weighted by atomic mass is 35.5. The molecule has 3 aliphatic heterocycles. The van der Waals surface area contributed by atoms with Crippen molar-refractivity contribution in [3.05, 3.63) is 277 Å². The van der Waals surface area contributed by atoms with E-state index in [1.807, 2.05) is 91.7 Å². The number of amides is 3. The van der Waals surface area contributed by atoms with Gasteiger partial charge < -0.3 is 47.9 Å². The van der Waals surface area contributed by atoms with E-state index in [0.717, 1.165) is 134 Å². The van der Waals surface area contributed by atoms with Gasteiger partial charge >= 0.3 is 6.18 Å². The van der Waals surface area contributed by atoms with E-state index in [1.54, 1.807) is 67.4 Å². The van der Waals surface area contributed by atoms with Crippen LogP contribution in [0.15, 0.2) is 189 Å². The number of hydrogen-bond donors (Lipinski definition) is 6. The number of aryl methyl sites for hydroxylation is 1. The first-order valence-electron chi connectivity index (χ1n) is 37.1. The summed E-state index contributed by atoms with van der Waals surface area (Å²) in [5.74, 6) is 18.6. The lowest BCUT2D eigenvalue weighted by molar-refractivity contribution is -0.138. The van der Waals surface area contributed by atoms with Crippen LogP contribution in [0.25, 0.3) is 32.4 Å². The van der Waals surface area contributed by atoms with Gasteiger partial charge in [-0.25, -0.2) is 15.0 Å². The first kappa shape index (κ1) is 80.6. The molecule has 0 radical (unpaired) electrons. The summed E-state index contributed by atoms with van der Waals surface area (Å²) in [6.07, 6.45) is 9.43. The SMILES string of the molecule is CN1CCN(Cc2ccc(NC(=O)c3cncc(C#Cc4cnc(N)c5ccccc45)c3)cc2Cl)CC1.CN1CCN(Cc2ccc(NC(=O)c3cncc(C#Cc4cnc(N)c5cccnc45)c3)cc2C(F)(F)F)CC1.Cc1ncc(C(=O)Nc2ccc(CN3CCN(C)CC3)c(Cl)c2)cc1C#Cc1cnc(N)c2ccccc12. The minimum atomic E-state index is -4.56. The zero-order valence-corrected chi connectivity index (χ0v) is 65.2. The summed E-state index contributed by atoms with van der Waals surface area (Å²) >= 11 is 13.1. The number of nitrogens with zero attached hydrogens (tertiary/aromatic N) is 13. The van der Waals surface area contributed by atoms with Crippen LogP contribution in [0.5, 0.6) is 0 Å². The molecule has 5 aromatic carbocycles. The maximum absolute atomic E-state index is 13.9. The van der Waals surface area contributed by atoms with Gasteiger partial charge in [0.05, 0.1) is 50.2 Å². The third-order valence-electron chi connectivity index (χ3n) is 20.0. The molecule has 3 fully saturated rings. The van der Waals surface area contributed by atoms with Crippen LogP contribution in [0.1, 0.15) is 92.4 Å². The zero-order chi connectivity index (χ0) is 80.7. The van der Waals surface area contributed by atoms with E-state index in [-0.39, 0.29) is 35.2 Å². The van der Waals surface area contributed by atoms with Gasteiger partial charge in [-0.1, -0.05) is 125 Å². The molecule has 3 aliphatic rings. The fourth-order valence-electron chi connectivity index (χ4n) is 13.2. The van der Waals surface area contributed by atoms with Crippen LogP contribution in [0, 0.1) is 42.4 Å². The molecule has 3 amide bonds. The fraction of sp³-hybridized carbons (Fsp3) is 0.227. The molecule has 7 aromatic heterocycles. The minimum Gasteiger partial charge on any atom is -0.383 e. The van der Waals surface area contributed by atoms with Gasteiger partial charge in [0.2, 0.25) is 0 Å². The Balaban J connectivity index is 0.000000150.